The van der Waals surface area contributed by atoms with Crippen LogP contribution in [0.4, 0.5) is 0 Å². The number of tetrazole rings is 1. The Kier molecular flexibility index (Phi) is 5.03. The Balaban J connectivity index is 1.89. The van der Waals surface area contributed by atoms with Gasteiger partial charge in [0.15, 0.2) is 5.82 Å². The molecule has 18 heavy (non-hydrogen) atoms. The summed E-state index contributed by atoms with van der Waals surface area (Å²) in [6, 6.07) is 0.279. The lowest BCUT2D eigenvalue weighted by Gasteiger charge is -2.18. The fourth-order valence-corrected chi connectivity index (χ4v) is 2.15. The largest absolute Gasteiger partial charge is 0.383 e. The summed E-state index contributed by atoms with van der Waals surface area (Å²) >= 11 is 0. The zero-order valence-electron chi connectivity index (χ0n) is 11.0. The van der Waals surface area contributed by atoms with Crippen molar-refractivity contribution in [2.24, 2.45) is 5.92 Å². The quantitative estimate of drug-likeness (QED) is 0.692. The van der Waals surface area contributed by atoms with Crippen LogP contribution < -0.4 is 5.32 Å². The van der Waals surface area contributed by atoms with Crippen LogP contribution in [-0.2, 0) is 16.0 Å². The highest BCUT2D eigenvalue weighted by atomic mass is 16.5. The fraction of sp³-hybridized carbons (Fsp3) is 0.909. The van der Waals surface area contributed by atoms with E-state index in [-0.39, 0.29) is 6.04 Å². The first kappa shape index (κ1) is 13.4. The van der Waals surface area contributed by atoms with E-state index in [1.165, 1.54) is 0 Å². The molecule has 1 aromatic rings. The molecule has 1 fully saturated rings. The molecule has 1 aliphatic heterocycles. The first-order valence-electron chi connectivity index (χ1n) is 6.37. The second-order valence-corrected chi connectivity index (χ2v) is 4.57. The second-order valence-electron chi connectivity index (χ2n) is 4.57. The monoisotopic (exact) mass is 255 g/mol. The number of nitrogens with zero attached hydrogens (tertiary/aromatic N) is 4. The molecule has 0 amide bonds. The topological polar surface area (TPSA) is 74.1 Å². The first-order valence-corrected chi connectivity index (χ1v) is 6.37. The van der Waals surface area contributed by atoms with E-state index < -0.39 is 0 Å². The predicted molar refractivity (Wildman–Crippen MR) is 65.0 cm³/mol. The third-order valence-electron chi connectivity index (χ3n) is 3.36. The van der Waals surface area contributed by atoms with Gasteiger partial charge >= 0.3 is 0 Å². The minimum atomic E-state index is 0.279. The average Bonchev–Trinajstić information content (AvgIpc) is 3.04. The van der Waals surface area contributed by atoms with E-state index in [4.69, 9.17) is 9.47 Å². The molecule has 7 nitrogen and oxygen atoms in total. The molecule has 0 bridgehead atoms. The van der Waals surface area contributed by atoms with E-state index in [1.807, 2.05) is 4.68 Å². The molecular weight excluding hydrogens is 234 g/mol. The molecule has 102 valence electrons. The lowest BCUT2D eigenvalue weighted by atomic mass is 10.0. The molecule has 1 N–H and O–H groups in total. The second kappa shape index (κ2) is 6.77. The third kappa shape index (κ3) is 3.24. The van der Waals surface area contributed by atoms with Crippen molar-refractivity contribution in [1.82, 2.24) is 25.5 Å². The number of nitrogens with one attached hydrogen (secondary N) is 1. The van der Waals surface area contributed by atoms with Crippen molar-refractivity contribution in [3.63, 3.8) is 0 Å². The zero-order chi connectivity index (χ0) is 12.8. The number of aromatic nitrogens is 4. The summed E-state index contributed by atoms with van der Waals surface area (Å²) in [6.45, 7) is 5.94. The van der Waals surface area contributed by atoms with Crippen LogP contribution >= 0.6 is 0 Å². The maximum absolute atomic E-state index is 5.42. The number of methoxy groups -OCH3 is 1. The van der Waals surface area contributed by atoms with Crippen molar-refractivity contribution in [2.45, 2.75) is 25.9 Å². The van der Waals surface area contributed by atoms with E-state index in [2.05, 4.69) is 27.8 Å². The Labute approximate surface area is 107 Å². The molecule has 0 aromatic carbocycles. The van der Waals surface area contributed by atoms with Crippen LogP contribution in [0.25, 0.3) is 0 Å². The summed E-state index contributed by atoms with van der Waals surface area (Å²) in [4.78, 5) is 0. The maximum Gasteiger partial charge on any atom is 0.165 e. The smallest absolute Gasteiger partial charge is 0.165 e. The van der Waals surface area contributed by atoms with Gasteiger partial charge in [0.25, 0.3) is 0 Å². The molecule has 2 heterocycles. The molecular formula is C11H21N5O2. The van der Waals surface area contributed by atoms with Gasteiger partial charge in [-0.3, -0.25) is 0 Å². The van der Waals surface area contributed by atoms with Gasteiger partial charge in [-0.15, -0.1) is 5.10 Å². The normalized spacial score (nSPS) is 21.3. The Morgan fingerprint density at radius 2 is 2.50 bits per heavy atom. The van der Waals surface area contributed by atoms with Crippen molar-refractivity contribution in [2.75, 3.05) is 33.5 Å². The van der Waals surface area contributed by atoms with Gasteiger partial charge < -0.3 is 14.8 Å². The lowest BCUT2D eigenvalue weighted by Crippen LogP contribution is -2.25. The van der Waals surface area contributed by atoms with Crippen molar-refractivity contribution in [1.29, 1.82) is 0 Å². The molecule has 0 spiro atoms. The van der Waals surface area contributed by atoms with Gasteiger partial charge in [0, 0.05) is 26.2 Å². The number of rotatable bonds is 7. The minimum absolute atomic E-state index is 0.279. The maximum atomic E-state index is 5.42. The van der Waals surface area contributed by atoms with Crippen LogP contribution in [0.2, 0.25) is 0 Å². The molecule has 7 heteroatoms. The summed E-state index contributed by atoms with van der Waals surface area (Å²) in [7, 11) is 1.69. The molecule has 1 aromatic heterocycles. The minimum Gasteiger partial charge on any atom is -0.383 e. The predicted octanol–water partition coefficient (Wildman–Crippen LogP) is 0.00660. The summed E-state index contributed by atoms with van der Waals surface area (Å²) in [5.74, 6) is 1.37. The van der Waals surface area contributed by atoms with Crippen molar-refractivity contribution < 1.29 is 9.47 Å². The molecule has 0 aliphatic carbocycles. The van der Waals surface area contributed by atoms with Gasteiger partial charge in [-0.2, -0.15) is 0 Å². The van der Waals surface area contributed by atoms with Gasteiger partial charge in [-0.05, 0) is 23.8 Å². The highest BCUT2D eigenvalue weighted by Gasteiger charge is 2.26. The molecule has 1 saturated heterocycles. The highest BCUT2D eigenvalue weighted by Crippen LogP contribution is 2.25. The third-order valence-corrected chi connectivity index (χ3v) is 3.36. The van der Waals surface area contributed by atoms with Gasteiger partial charge in [0.05, 0.1) is 25.8 Å². The van der Waals surface area contributed by atoms with Gasteiger partial charge in [-0.25, -0.2) is 4.68 Å². The lowest BCUT2D eigenvalue weighted by molar-refractivity contribution is 0.171. The van der Waals surface area contributed by atoms with E-state index >= 15 is 0 Å². The fourth-order valence-electron chi connectivity index (χ4n) is 2.15. The molecule has 1 aliphatic rings. The van der Waals surface area contributed by atoms with E-state index in [1.54, 1.807) is 7.11 Å². The molecule has 0 saturated carbocycles. The zero-order valence-corrected chi connectivity index (χ0v) is 11.0. The molecule has 2 atom stereocenters. The Bertz CT molecular complexity index is 351. The number of hydrogen-bond donors (Lipinski definition) is 1. The van der Waals surface area contributed by atoms with Crippen LogP contribution in [0.1, 0.15) is 25.2 Å². The van der Waals surface area contributed by atoms with Crippen LogP contribution in [0.15, 0.2) is 0 Å². The standard InChI is InChI=1S/C11H21N5O2/c1-9(10-3-5-18-8-10)16-11(13-14-15-16)7-12-4-6-17-2/h9-10,12H,3-8H2,1-2H3. The highest BCUT2D eigenvalue weighted by molar-refractivity contribution is 4.86. The first-order chi connectivity index (χ1) is 8.83. The summed E-state index contributed by atoms with van der Waals surface area (Å²) in [6.07, 6.45) is 1.08. The average molecular weight is 255 g/mol. The SMILES string of the molecule is COCCNCc1nnnn1C(C)C1CCOC1. The van der Waals surface area contributed by atoms with Crippen molar-refractivity contribution in [3.05, 3.63) is 5.82 Å². The molecule has 2 unspecified atom stereocenters. The summed E-state index contributed by atoms with van der Waals surface area (Å²) in [5, 5.41) is 15.2. The Morgan fingerprint density at radius 1 is 1.61 bits per heavy atom. The molecule has 2 rings (SSSR count). The Morgan fingerprint density at radius 3 is 3.22 bits per heavy atom. The van der Waals surface area contributed by atoms with Crippen LogP contribution in [0.5, 0.6) is 0 Å². The molecule has 0 radical (unpaired) electrons. The number of ether oxygens (including phenoxy) is 2. The van der Waals surface area contributed by atoms with Gasteiger partial charge in [0.2, 0.25) is 0 Å². The van der Waals surface area contributed by atoms with Crippen LogP contribution in [-0.4, -0.2) is 53.7 Å². The summed E-state index contributed by atoms with van der Waals surface area (Å²) < 4.78 is 12.3. The van der Waals surface area contributed by atoms with E-state index in [0.717, 1.165) is 32.0 Å². The summed E-state index contributed by atoms with van der Waals surface area (Å²) in [5.41, 5.74) is 0. The van der Waals surface area contributed by atoms with Gasteiger partial charge in [-0.1, -0.05) is 0 Å². The van der Waals surface area contributed by atoms with E-state index in [0.29, 0.717) is 19.1 Å². The van der Waals surface area contributed by atoms with Crippen LogP contribution in [0.3, 0.4) is 0 Å². The van der Waals surface area contributed by atoms with Gasteiger partial charge in [0.1, 0.15) is 0 Å². The number of hydrogen-bond acceptors (Lipinski definition) is 6. The van der Waals surface area contributed by atoms with E-state index in [9.17, 15) is 0 Å². The van der Waals surface area contributed by atoms with Crippen molar-refractivity contribution >= 4 is 0 Å². The van der Waals surface area contributed by atoms with Crippen LogP contribution in [0, 0.1) is 5.92 Å². The van der Waals surface area contributed by atoms with Crippen molar-refractivity contribution in [3.8, 4) is 0 Å². The Hall–Kier alpha value is -1.05.